The third-order valence-electron chi connectivity index (χ3n) is 1.15. The molecule has 1 aromatic carbocycles. The Morgan fingerprint density at radius 2 is 1.85 bits per heavy atom. The third-order valence-corrected chi connectivity index (χ3v) is 1.47. The zero-order chi connectivity index (χ0) is 10.1. The van der Waals surface area contributed by atoms with Crippen molar-refractivity contribution in [2.45, 2.75) is 11.3 Å². The quantitative estimate of drug-likeness (QED) is 0.647. The SMILES string of the molecule is Fc1cccc([S])c1OC(F)(F)F. The molecule has 1 nitrogen and oxygen atoms in total. The lowest BCUT2D eigenvalue weighted by molar-refractivity contribution is -0.276. The minimum absolute atomic E-state index is 0.308. The van der Waals surface area contributed by atoms with Crippen molar-refractivity contribution in [2.75, 3.05) is 0 Å². The first-order chi connectivity index (χ1) is 5.90. The minimum Gasteiger partial charge on any atom is -0.401 e. The molecule has 0 saturated heterocycles. The minimum atomic E-state index is -4.92. The van der Waals surface area contributed by atoms with E-state index in [2.05, 4.69) is 17.4 Å². The van der Waals surface area contributed by atoms with Crippen molar-refractivity contribution in [1.29, 1.82) is 0 Å². The zero-order valence-electron chi connectivity index (χ0n) is 6.06. The molecule has 0 unspecified atom stereocenters. The maximum Gasteiger partial charge on any atom is 0.573 e. The highest BCUT2D eigenvalue weighted by Crippen LogP contribution is 2.30. The van der Waals surface area contributed by atoms with Gasteiger partial charge in [0.25, 0.3) is 0 Å². The Bertz CT molecular complexity index is 290. The van der Waals surface area contributed by atoms with Crippen LogP contribution in [0.5, 0.6) is 5.75 Å². The van der Waals surface area contributed by atoms with Crippen molar-refractivity contribution in [2.24, 2.45) is 0 Å². The Morgan fingerprint density at radius 1 is 1.23 bits per heavy atom. The molecule has 1 radical (unpaired) electrons. The van der Waals surface area contributed by atoms with Crippen LogP contribution < -0.4 is 4.74 Å². The lowest BCUT2D eigenvalue weighted by Crippen LogP contribution is -2.18. The number of para-hydroxylation sites is 1. The van der Waals surface area contributed by atoms with Crippen LogP contribution in [0.25, 0.3) is 0 Å². The van der Waals surface area contributed by atoms with Gasteiger partial charge in [-0.05, 0) is 12.1 Å². The Labute approximate surface area is 76.7 Å². The summed E-state index contributed by atoms with van der Waals surface area (Å²) in [7, 11) is 0. The van der Waals surface area contributed by atoms with Gasteiger partial charge in [0.05, 0.1) is 4.90 Å². The number of alkyl halides is 3. The van der Waals surface area contributed by atoms with E-state index in [1.807, 2.05) is 0 Å². The van der Waals surface area contributed by atoms with E-state index >= 15 is 0 Å². The lowest BCUT2D eigenvalue weighted by atomic mass is 10.3. The Balaban J connectivity index is 3.00. The molecule has 0 heterocycles. The Morgan fingerprint density at radius 3 is 2.31 bits per heavy atom. The largest absolute Gasteiger partial charge is 0.573 e. The highest BCUT2D eigenvalue weighted by Gasteiger charge is 2.33. The van der Waals surface area contributed by atoms with Crippen LogP contribution in [0.3, 0.4) is 0 Å². The molecule has 0 atom stereocenters. The first kappa shape index (κ1) is 10.0. The van der Waals surface area contributed by atoms with Gasteiger partial charge >= 0.3 is 6.36 Å². The molecule has 71 valence electrons. The van der Waals surface area contributed by atoms with E-state index in [4.69, 9.17) is 0 Å². The van der Waals surface area contributed by atoms with Crippen LogP contribution in [0.15, 0.2) is 23.1 Å². The first-order valence-corrected chi connectivity index (χ1v) is 3.52. The molecule has 0 amide bonds. The molecule has 0 aliphatic rings. The second-order valence-electron chi connectivity index (χ2n) is 2.11. The Kier molecular flexibility index (Phi) is 2.60. The smallest absolute Gasteiger partial charge is 0.401 e. The monoisotopic (exact) mass is 211 g/mol. The fourth-order valence-electron chi connectivity index (χ4n) is 0.704. The van der Waals surface area contributed by atoms with Crippen LogP contribution in [0.2, 0.25) is 0 Å². The number of ether oxygens (including phenoxy) is 1. The van der Waals surface area contributed by atoms with Gasteiger partial charge in [-0.15, -0.1) is 13.2 Å². The number of halogens is 4. The third kappa shape index (κ3) is 2.73. The topological polar surface area (TPSA) is 9.23 Å². The zero-order valence-corrected chi connectivity index (χ0v) is 6.88. The number of rotatable bonds is 1. The van der Waals surface area contributed by atoms with Crippen molar-refractivity contribution < 1.29 is 22.3 Å². The van der Waals surface area contributed by atoms with Gasteiger partial charge in [0.15, 0.2) is 11.6 Å². The highest BCUT2D eigenvalue weighted by atomic mass is 32.1. The van der Waals surface area contributed by atoms with Gasteiger partial charge in [-0.3, -0.25) is 0 Å². The van der Waals surface area contributed by atoms with E-state index in [1.54, 1.807) is 0 Å². The molecule has 6 heteroatoms. The molecule has 0 saturated carbocycles. The summed E-state index contributed by atoms with van der Waals surface area (Å²) in [6.45, 7) is 0. The molecule has 0 aromatic heterocycles. The van der Waals surface area contributed by atoms with Crippen molar-refractivity contribution in [1.82, 2.24) is 0 Å². The van der Waals surface area contributed by atoms with E-state index in [-0.39, 0.29) is 4.90 Å². The van der Waals surface area contributed by atoms with Gasteiger partial charge in [0.2, 0.25) is 0 Å². The van der Waals surface area contributed by atoms with E-state index in [0.717, 1.165) is 12.1 Å². The van der Waals surface area contributed by atoms with Crippen LogP contribution in [-0.4, -0.2) is 6.36 Å². The second-order valence-corrected chi connectivity index (χ2v) is 2.55. The van der Waals surface area contributed by atoms with Crippen molar-refractivity contribution in [3.05, 3.63) is 24.0 Å². The van der Waals surface area contributed by atoms with Gasteiger partial charge in [0.1, 0.15) is 0 Å². The summed E-state index contributed by atoms with van der Waals surface area (Å²) in [4.78, 5) is -0.308. The lowest BCUT2D eigenvalue weighted by Gasteiger charge is -2.10. The van der Waals surface area contributed by atoms with Gasteiger partial charge in [-0.2, -0.15) is 0 Å². The maximum absolute atomic E-state index is 12.7. The summed E-state index contributed by atoms with van der Waals surface area (Å²) in [5, 5.41) is 0. The molecular weight excluding hydrogens is 208 g/mol. The van der Waals surface area contributed by atoms with Gasteiger partial charge in [-0.1, -0.05) is 18.7 Å². The maximum atomic E-state index is 12.7. The average Bonchev–Trinajstić information content (AvgIpc) is 1.95. The molecule has 1 rings (SSSR count). The van der Waals surface area contributed by atoms with Gasteiger partial charge in [-0.25, -0.2) is 4.39 Å². The van der Waals surface area contributed by atoms with Crippen molar-refractivity contribution in [3.63, 3.8) is 0 Å². The first-order valence-electron chi connectivity index (χ1n) is 3.11. The summed E-state index contributed by atoms with van der Waals surface area (Å²) in [5.41, 5.74) is 0. The molecule has 0 aliphatic carbocycles. The van der Waals surface area contributed by atoms with Gasteiger partial charge in [0, 0.05) is 0 Å². The van der Waals surface area contributed by atoms with Crippen molar-refractivity contribution >= 4 is 12.6 Å². The molecular formula is C7H3F4OS. The normalized spacial score (nSPS) is 11.4. The van der Waals surface area contributed by atoms with Gasteiger partial charge < -0.3 is 4.74 Å². The van der Waals surface area contributed by atoms with Crippen LogP contribution >= 0.6 is 12.6 Å². The summed E-state index contributed by atoms with van der Waals surface area (Å²) in [5.74, 6) is -2.07. The molecule has 0 fully saturated rings. The summed E-state index contributed by atoms with van der Waals surface area (Å²) >= 11 is 4.44. The van der Waals surface area contributed by atoms with Crippen LogP contribution in [-0.2, 0) is 0 Å². The number of benzene rings is 1. The van der Waals surface area contributed by atoms with E-state index in [0.29, 0.717) is 0 Å². The van der Waals surface area contributed by atoms with Crippen LogP contribution in [0.4, 0.5) is 17.6 Å². The van der Waals surface area contributed by atoms with Crippen LogP contribution in [0, 0.1) is 5.82 Å². The molecule has 0 aliphatic heterocycles. The molecule has 1 aromatic rings. The summed E-state index contributed by atoms with van der Waals surface area (Å²) in [6.07, 6.45) is -4.92. The highest BCUT2D eigenvalue weighted by molar-refractivity contribution is 7.80. The van der Waals surface area contributed by atoms with Crippen molar-refractivity contribution in [3.8, 4) is 5.75 Å². The summed E-state index contributed by atoms with van der Waals surface area (Å²) in [6, 6.07) is 3.21. The fraction of sp³-hybridized carbons (Fsp3) is 0.143. The molecule has 0 spiro atoms. The van der Waals surface area contributed by atoms with E-state index < -0.39 is 17.9 Å². The second kappa shape index (κ2) is 3.37. The summed E-state index contributed by atoms with van der Waals surface area (Å²) < 4.78 is 51.1. The average molecular weight is 211 g/mol. The molecule has 13 heavy (non-hydrogen) atoms. The van der Waals surface area contributed by atoms with E-state index in [9.17, 15) is 17.6 Å². The fourth-order valence-corrected chi connectivity index (χ4v) is 0.922. The van der Waals surface area contributed by atoms with Crippen LogP contribution in [0.1, 0.15) is 0 Å². The standard InChI is InChI=1S/C7H3F4OS/c8-4-2-1-3-5(13)6(4)12-7(9,10)11/h1-3H. The predicted octanol–water partition coefficient (Wildman–Crippen LogP) is 3.28. The number of hydrogen-bond acceptors (Lipinski definition) is 1. The Hall–Kier alpha value is -1.04. The van der Waals surface area contributed by atoms with E-state index in [1.165, 1.54) is 6.07 Å². The molecule has 0 N–H and O–H groups in total. The predicted molar refractivity (Wildman–Crippen MR) is 38.9 cm³/mol. The number of hydrogen-bond donors (Lipinski definition) is 0. The molecule has 0 bridgehead atoms.